The monoisotopic (exact) mass is 372 g/mol. The molecule has 0 unspecified atom stereocenters. The van der Waals surface area contributed by atoms with Crippen molar-refractivity contribution in [3.63, 3.8) is 0 Å². The van der Waals surface area contributed by atoms with Gasteiger partial charge in [-0.15, -0.1) is 0 Å². The number of ether oxygens (including phenoxy) is 2. The van der Waals surface area contributed by atoms with E-state index >= 15 is 0 Å². The molecule has 0 aromatic heterocycles. The fourth-order valence-corrected chi connectivity index (χ4v) is 8.83. The summed E-state index contributed by atoms with van der Waals surface area (Å²) in [6, 6.07) is 0. The number of epoxide rings is 1. The van der Waals surface area contributed by atoms with Crippen LogP contribution in [0.4, 0.5) is 0 Å². The molecule has 0 spiro atoms. The van der Waals surface area contributed by atoms with Crippen molar-refractivity contribution in [1.82, 2.24) is 0 Å². The second-order valence-electron chi connectivity index (χ2n) is 10.9. The summed E-state index contributed by atoms with van der Waals surface area (Å²) < 4.78 is 11.6. The van der Waals surface area contributed by atoms with Gasteiger partial charge in [-0.05, 0) is 80.5 Å². The molecule has 0 amide bonds. The topological polar surface area (TPSA) is 59.1 Å². The number of hydrogen-bond acceptors (Lipinski definition) is 4. The molecule has 148 valence electrons. The maximum atomic E-state index is 11.7. The third-order valence-corrected chi connectivity index (χ3v) is 10.2. The average molecular weight is 373 g/mol. The number of rotatable bonds is 1. The fourth-order valence-electron chi connectivity index (χ4n) is 8.83. The molecule has 2 heterocycles. The van der Waals surface area contributed by atoms with Crippen LogP contribution in [0.3, 0.4) is 0 Å². The van der Waals surface area contributed by atoms with Crippen LogP contribution in [0, 0.1) is 34.5 Å². The maximum absolute atomic E-state index is 11.7. The van der Waals surface area contributed by atoms with Crippen molar-refractivity contribution in [2.24, 2.45) is 34.5 Å². The Hall–Kier alpha value is -0.870. The summed E-state index contributed by atoms with van der Waals surface area (Å²) in [4.78, 5) is 11.7. The van der Waals surface area contributed by atoms with Gasteiger partial charge in [-0.25, -0.2) is 4.79 Å². The second-order valence-corrected chi connectivity index (χ2v) is 10.9. The lowest BCUT2D eigenvalue weighted by Crippen LogP contribution is -2.56. The Morgan fingerprint density at radius 3 is 2.70 bits per heavy atom. The summed E-state index contributed by atoms with van der Waals surface area (Å²) >= 11 is 0. The zero-order valence-corrected chi connectivity index (χ0v) is 16.6. The Labute approximate surface area is 161 Å². The third-order valence-electron chi connectivity index (χ3n) is 10.2. The number of fused-ring (bicyclic) bond motifs is 7. The quantitative estimate of drug-likeness (QED) is 0.564. The van der Waals surface area contributed by atoms with E-state index in [0.29, 0.717) is 30.0 Å². The first-order valence-electron chi connectivity index (χ1n) is 11.1. The van der Waals surface area contributed by atoms with E-state index in [1.165, 1.54) is 32.1 Å². The minimum absolute atomic E-state index is 0.0730. The number of cyclic esters (lactones) is 1. The first-order chi connectivity index (χ1) is 12.9. The molecule has 0 aromatic rings. The zero-order valence-electron chi connectivity index (χ0n) is 16.6. The molecule has 5 fully saturated rings. The lowest BCUT2D eigenvalue weighted by atomic mass is 9.44. The van der Waals surface area contributed by atoms with Gasteiger partial charge in [0.25, 0.3) is 0 Å². The summed E-state index contributed by atoms with van der Waals surface area (Å²) in [6.07, 6.45) is 11.4. The average Bonchev–Trinajstić information content (AvgIpc) is 3.11. The van der Waals surface area contributed by atoms with Crippen LogP contribution in [0.15, 0.2) is 11.6 Å². The second kappa shape index (κ2) is 5.18. The molecule has 6 aliphatic rings. The number of carbonyl (C=O) groups is 1. The number of hydrogen-bond donors (Lipinski definition) is 1. The Morgan fingerprint density at radius 2 is 1.93 bits per heavy atom. The molecule has 9 atom stereocenters. The molecule has 27 heavy (non-hydrogen) atoms. The lowest BCUT2D eigenvalue weighted by Gasteiger charge is -2.61. The normalized spacial score (nSPS) is 58.5. The fraction of sp³-hybridized carbons (Fsp3) is 0.870. The molecule has 0 aromatic carbocycles. The highest BCUT2D eigenvalue weighted by Crippen LogP contribution is 2.75. The molecule has 4 heteroatoms. The van der Waals surface area contributed by atoms with Crippen molar-refractivity contribution in [2.75, 3.05) is 6.61 Å². The molecular formula is C23H32O4. The van der Waals surface area contributed by atoms with Crippen molar-refractivity contribution >= 4 is 5.97 Å². The Morgan fingerprint density at radius 1 is 1.07 bits per heavy atom. The zero-order chi connectivity index (χ0) is 18.6. The molecule has 4 nitrogen and oxygen atoms in total. The van der Waals surface area contributed by atoms with Gasteiger partial charge in [0.2, 0.25) is 0 Å². The SMILES string of the molecule is C[C@]12CC[C@H](O)C[C@H]1CC[C@H]1[C@H]3C[C@H]4O[C@@]4(C4=CC(=O)OC4)[C@@]3(C)CC[C@@H]12. The molecule has 1 saturated heterocycles. The van der Waals surface area contributed by atoms with E-state index < -0.39 is 0 Å². The lowest BCUT2D eigenvalue weighted by molar-refractivity contribution is -0.139. The van der Waals surface area contributed by atoms with Gasteiger partial charge in [0.1, 0.15) is 12.2 Å². The van der Waals surface area contributed by atoms with Gasteiger partial charge < -0.3 is 14.6 Å². The van der Waals surface area contributed by atoms with E-state index in [1.54, 1.807) is 6.08 Å². The van der Waals surface area contributed by atoms with Crippen LogP contribution < -0.4 is 0 Å². The molecular weight excluding hydrogens is 340 g/mol. The van der Waals surface area contributed by atoms with E-state index in [4.69, 9.17) is 9.47 Å². The van der Waals surface area contributed by atoms with Gasteiger partial charge in [-0.1, -0.05) is 13.8 Å². The molecule has 0 bridgehead atoms. The Balaban J connectivity index is 1.33. The van der Waals surface area contributed by atoms with Crippen molar-refractivity contribution in [3.05, 3.63) is 11.6 Å². The first-order valence-corrected chi connectivity index (χ1v) is 11.1. The van der Waals surface area contributed by atoms with E-state index in [2.05, 4.69) is 13.8 Å². The molecule has 4 aliphatic carbocycles. The van der Waals surface area contributed by atoms with Crippen molar-refractivity contribution in [2.45, 2.75) is 83.0 Å². The van der Waals surface area contributed by atoms with E-state index in [-0.39, 0.29) is 23.1 Å². The van der Waals surface area contributed by atoms with Crippen LogP contribution in [0.5, 0.6) is 0 Å². The highest BCUT2D eigenvalue weighted by molar-refractivity contribution is 5.86. The minimum Gasteiger partial charge on any atom is -0.458 e. The molecule has 1 N–H and O–H groups in total. The summed E-state index contributed by atoms with van der Waals surface area (Å²) in [5.74, 6) is 2.80. The van der Waals surface area contributed by atoms with Crippen LogP contribution in [0.1, 0.15) is 65.2 Å². The van der Waals surface area contributed by atoms with Crippen molar-refractivity contribution < 1.29 is 19.4 Å². The van der Waals surface area contributed by atoms with Crippen LogP contribution in [0.2, 0.25) is 0 Å². The molecule has 0 radical (unpaired) electrons. The molecule has 2 aliphatic heterocycles. The minimum atomic E-state index is -0.213. The number of esters is 1. The Kier molecular flexibility index (Phi) is 3.27. The highest BCUT2D eigenvalue weighted by atomic mass is 16.6. The van der Waals surface area contributed by atoms with Crippen LogP contribution in [0.25, 0.3) is 0 Å². The van der Waals surface area contributed by atoms with Crippen LogP contribution >= 0.6 is 0 Å². The highest BCUT2D eigenvalue weighted by Gasteiger charge is 2.78. The van der Waals surface area contributed by atoms with Gasteiger partial charge in [-0.2, -0.15) is 0 Å². The van der Waals surface area contributed by atoms with E-state index in [0.717, 1.165) is 36.7 Å². The van der Waals surface area contributed by atoms with Gasteiger partial charge in [0.05, 0.1) is 12.2 Å². The number of aliphatic hydroxyl groups excluding tert-OH is 1. The Bertz CT molecular complexity index is 730. The van der Waals surface area contributed by atoms with Crippen LogP contribution in [-0.4, -0.2) is 35.5 Å². The van der Waals surface area contributed by atoms with Gasteiger partial charge in [0, 0.05) is 17.1 Å². The van der Waals surface area contributed by atoms with E-state index in [9.17, 15) is 9.90 Å². The third kappa shape index (κ3) is 1.95. The predicted molar refractivity (Wildman–Crippen MR) is 99.8 cm³/mol. The molecule has 6 rings (SSSR count). The summed E-state index contributed by atoms with van der Waals surface area (Å²) in [7, 11) is 0. The summed E-state index contributed by atoms with van der Waals surface area (Å²) in [5, 5.41) is 10.2. The summed E-state index contributed by atoms with van der Waals surface area (Å²) in [6.45, 7) is 5.42. The van der Waals surface area contributed by atoms with Crippen molar-refractivity contribution in [3.8, 4) is 0 Å². The van der Waals surface area contributed by atoms with Gasteiger partial charge in [-0.3, -0.25) is 0 Å². The van der Waals surface area contributed by atoms with Gasteiger partial charge >= 0.3 is 5.97 Å². The predicted octanol–water partition coefficient (Wildman–Crippen LogP) is 3.62. The van der Waals surface area contributed by atoms with E-state index in [1.807, 2.05) is 0 Å². The standard InChI is InChI=1S/C23H32O4/c1-21-7-5-15(24)9-13(21)3-4-16-17(21)6-8-22(2)18(16)11-19-23(22,27-19)14-10-20(25)26-12-14/h10,13,15-19,24H,3-9,11-12H2,1-2H3/t13-,15+,16-,17+,18-,19-,21+,22+,23-/m1/s1. The first kappa shape index (κ1) is 17.0. The van der Waals surface area contributed by atoms with Gasteiger partial charge in [0.15, 0.2) is 0 Å². The van der Waals surface area contributed by atoms with Crippen molar-refractivity contribution in [1.29, 1.82) is 0 Å². The number of carbonyl (C=O) groups excluding carboxylic acids is 1. The summed E-state index contributed by atoms with van der Waals surface area (Å²) in [5.41, 5.74) is 1.46. The molecule has 4 saturated carbocycles. The largest absolute Gasteiger partial charge is 0.458 e. The maximum Gasteiger partial charge on any atom is 0.331 e. The number of aliphatic hydroxyl groups is 1. The smallest absolute Gasteiger partial charge is 0.331 e. The van der Waals surface area contributed by atoms with Crippen LogP contribution in [-0.2, 0) is 14.3 Å².